The molecule has 8 nitrogen and oxygen atoms in total. The van der Waals surface area contributed by atoms with Crippen molar-refractivity contribution in [3.63, 3.8) is 0 Å². The summed E-state index contributed by atoms with van der Waals surface area (Å²) in [5, 5.41) is 2.41. The van der Waals surface area contributed by atoms with E-state index in [2.05, 4.69) is 23.6 Å². The zero-order chi connectivity index (χ0) is 28.7. The Morgan fingerprint density at radius 1 is 0.976 bits per heavy atom. The summed E-state index contributed by atoms with van der Waals surface area (Å²) in [7, 11) is -3.67. The van der Waals surface area contributed by atoms with Gasteiger partial charge in [0.1, 0.15) is 4.88 Å². The summed E-state index contributed by atoms with van der Waals surface area (Å²) in [6.07, 6.45) is 1.94. The first-order chi connectivity index (χ1) is 19.7. The highest BCUT2D eigenvalue weighted by atomic mass is 35.5. The summed E-state index contributed by atoms with van der Waals surface area (Å²) >= 11 is 7.60. The van der Waals surface area contributed by atoms with Crippen LogP contribution in [0, 0.1) is 0 Å². The molecular formula is C30H34ClN3O5S2. The van der Waals surface area contributed by atoms with Crippen molar-refractivity contribution in [2.45, 2.75) is 54.6 Å². The number of thiophene rings is 1. The lowest BCUT2D eigenvalue weighted by molar-refractivity contribution is 0.0136. The number of carbonyl (C=O) groups excluding carboxylic acids is 1. The summed E-state index contributed by atoms with van der Waals surface area (Å²) in [5.74, 6) is 1.05. The first-order valence-corrected chi connectivity index (χ1v) is 16.7. The zero-order valence-electron chi connectivity index (χ0n) is 23.2. The third kappa shape index (κ3) is 5.60. The van der Waals surface area contributed by atoms with Crippen LogP contribution in [0.5, 0.6) is 11.5 Å². The van der Waals surface area contributed by atoms with Gasteiger partial charge >= 0.3 is 0 Å². The lowest BCUT2D eigenvalue weighted by Gasteiger charge is -2.47. The van der Waals surface area contributed by atoms with Crippen molar-refractivity contribution in [1.29, 1.82) is 0 Å². The predicted molar refractivity (Wildman–Crippen MR) is 159 cm³/mol. The van der Waals surface area contributed by atoms with E-state index in [-0.39, 0.29) is 28.5 Å². The number of piperazine rings is 1. The number of carbonyl (C=O) groups is 1. The molecule has 0 unspecified atom stereocenters. The van der Waals surface area contributed by atoms with Gasteiger partial charge in [0.15, 0.2) is 11.5 Å². The number of ether oxygens (including phenoxy) is 2. The summed E-state index contributed by atoms with van der Waals surface area (Å²) in [6.45, 7) is 8.94. The molecule has 0 aliphatic carbocycles. The van der Waals surface area contributed by atoms with Crippen LogP contribution in [0.4, 0.5) is 0 Å². The molecule has 0 N–H and O–H groups in total. The Hall–Kier alpha value is -2.63. The Labute approximate surface area is 250 Å². The number of piperidine rings is 1. The number of rotatable bonds is 6. The second kappa shape index (κ2) is 11.6. The van der Waals surface area contributed by atoms with Crippen LogP contribution in [0.15, 0.2) is 63.7 Å². The molecule has 2 fully saturated rings. The SMILES string of the molecule is C[C@@H]1CN(C2CCN(C(=O)c3sccc3Cl)CC2)CCN1[C@@H](C)c1ccc(S(=O)(=O)c2ccc3c(c2)OCO3)cc1. The summed E-state index contributed by atoms with van der Waals surface area (Å²) in [4.78, 5) is 20.9. The summed E-state index contributed by atoms with van der Waals surface area (Å²) < 4.78 is 37.2. The molecule has 2 saturated heterocycles. The van der Waals surface area contributed by atoms with E-state index in [1.807, 2.05) is 22.4 Å². The average molecular weight is 616 g/mol. The Morgan fingerprint density at radius 3 is 2.37 bits per heavy atom. The molecule has 0 spiro atoms. The minimum Gasteiger partial charge on any atom is -0.454 e. The largest absolute Gasteiger partial charge is 0.454 e. The zero-order valence-corrected chi connectivity index (χ0v) is 25.6. The molecule has 41 heavy (non-hydrogen) atoms. The standard InChI is InChI=1S/C30H34ClN3O5S2/c1-20-18-33(23-9-12-32(13-10-23)30(35)29-26(31)11-16-40-29)14-15-34(20)21(2)22-3-5-24(6-4-22)41(36,37)25-7-8-27-28(17-25)39-19-38-27/h3-8,11,16-17,20-21,23H,9-10,12-15,18-19H2,1-2H3/t20-,21+/m1/s1. The van der Waals surface area contributed by atoms with Gasteiger partial charge in [0, 0.05) is 56.9 Å². The van der Waals surface area contributed by atoms with Gasteiger partial charge in [0.25, 0.3) is 5.91 Å². The molecule has 2 atom stereocenters. The quantitative estimate of drug-likeness (QED) is 0.371. The third-order valence-electron chi connectivity index (χ3n) is 8.61. The van der Waals surface area contributed by atoms with E-state index in [0.29, 0.717) is 33.5 Å². The second-order valence-electron chi connectivity index (χ2n) is 11.0. The van der Waals surface area contributed by atoms with Gasteiger partial charge in [-0.3, -0.25) is 14.6 Å². The maximum atomic E-state index is 13.2. The van der Waals surface area contributed by atoms with Gasteiger partial charge in [-0.25, -0.2) is 8.42 Å². The molecule has 3 aliphatic heterocycles. The fourth-order valence-electron chi connectivity index (χ4n) is 6.23. The number of halogens is 1. The highest BCUT2D eigenvalue weighted by Gasteiger charge is 2.34. The predicted octanol–water partition coefficient (Wildman–Crippen LogP) is 5.33. The second-order valence-corrected chi connectivity index (χ2v) is 14.2. The number of hydrogen-bond donors (Lipinski definition) is 0. The van der Waals surface area contributed by atoms with Crippen molar-refractivity contribution in [3.05, 3.63) is 69.4 Å². The fourth-order valence-corrected chi connectivity index (χ4v) is 8.61. The lowest BCUT2D eigenvalue weighted by atomic mass is 9.99. The number of nitrogens with zero attached hydrogens (tertiary/aromatic N) is 3. The molecule has 0 saturated carbocycles. The van der Waals surface area contributed by atoms with Gasteiger partial charge < -0.3 is 14.4 Å². The minimum absolute atomic E-state index is 0.0465. The number of benzene rings is 2. The molecular weight excluding hydrogens is 582 g/mol. The van der Waals surface area contributed by atoms with E-state index in [9.17, 15) is 13.2 Å². The Kier molecular flexibility index (Phi) is 8.04. The summed E-state index contributed by atoms with van der Waals surface area (Å²) in [5.41, 5.74) is 1.09. The van der Waals surface area contributed by atoms with Gasteiger partial charge in [-0.05, 0) is 68.0 Å². The van der Waals surface area contributed by atoms with Crippen LogP contribution in [0.2, 0.25) is 5.02 Å². The van der Waals surface area contributed by atoms with Gasteiger partial charge in [0.2, 0.25) is 16.6 Å². The van der Waals surface area contributed by atoms with Crippen LogP contribution in [-0.4, -0.2) is 80.6 Å². The Morgan fingerprint density at radius 2 is 1.68 bits per heavy atom. The average Bonchev–Trinajstić information content (AvgIpc) is 3.65. The van der Waals surface area contributed by atoms with Crippen LogP contribution in [0.3, 0.4) is 0 Å². The van der Waals surface area contributed by atoms with Crippen molar-refractivity contribution in [3.8, 4) is 11.5 Å². The van der Waals surface area contributed by atoms with E-state index in [4.69, 9.17) is 21.1 Å². The molecule has 4 heterocycles. The van der Waals surface area contributed by atoms with E-state index in [1.165, 1.54) is 17.4 Å². The molecule has 0 bridgehead atoms. The van der Waals surface area contributed by atoms with E-state index >= 15 is 0 Å². The van der Waals surface area contributed by atoms with Crippen molar-refractivity contribution in [1.82, 2.24) is 14.7 Å². The van der Waals surface area contributed by atoms with Gasteiger partial charge in [-0.15, -0.1) is 11.3 Å². The van der Waals surface area contributed by atoms with Crippen molar-refractivity contribution in [2.24, 2.45) is 0 Å². The van der Waals surface area contributed by atoms with E-state index in [0.717, 1.165) is 51.1 Å². The third-order valence-corrected chi connectivity index (χ3v) is 11.7. The number of likely N-dealkylation sites (tertiary alicyclic amines) is 1. The van der Waals surface area contributed by atoms with Crippen LogP contribution in [-0.2, 0) is 9.84 Å². The number of amides is 1. The highest BCUT2D eigenvalue weighted by Crippen LogP contribution is 2.36. The van der Waals surface area contributed by atoms with Gasteiger partial charge in [-0.2, -0.15) is 0 Å². The molecule has 3 aliphatic rings. The Bertz CT molecular complexity index is 1520. The molecule has 1 amide bonds. The number of fused-ring (bicyclic) bond motifs is 1. The monoisotopic (exact) mass is 615 g/mol. The van der Waals surface area contributed by atoms with Gasteiger partial charge in [-0.1, -0.05) is 23.7 Å². The summed E-state index contributed by atoms with van der Waals surface area (Å²) in [6, 6.07) is 14.7. The maximum absolute atomic E-state index is 13.2. The molecule has 6 rings (SSSR count). The van der Waals surface area contributed by atoms with Crippen LogP contribution in [0.25, 0.3) is 0 Å². The lowest BCUT2D eigenvalue weighted by Crippen LogP contribution is -2.57. The minimum atomic E-state index is -3.67. The first kappa shape index (κ1) is 28.5. The topological polar surface area (TPSA) is 79.4 Å². The highest BCUT2D eigenvalue weighted by molar-refractivity contribution is 7.91. The van der Waals surface area contributed by atoms with Crippen molar-refractivity contribution in [2.75, 3.05) is 39.5 Å². The molecule has 3 aromatic rings. The van der Waals surface area contributed by atoms with E-state index in [1.54, 1.807) is 30.3 Å². The smallest absolute Gasteiger partial charge is 0.265 e. The maximum Gasteiger partial charge on any atom is 0.265 e. The number of sulfone groups is 1. The molecule has 2 aromatic carbocycles. The molecule has 11 heteroatoms. The molecule has 1 aromatic heterocycles. The van der Waals surface area contributed by atoms with Crippen LogP contribution in [0.1, 0.15) is 48.0 Å². The van der Waals surface area contributed by atoms with Crippen molar-refractivity contribution < 1.29 is 22.7 Å². The van der Waals surface area contributed by atoms with Crippen molar-refractivity contribution >= 4 is 38.7 Å². The molecule has 0 radical (unpaired) electrons. The van der Waals surface area contributed by atoms with Crippen LogP contribution >= 0.6 is 22.9 Å². The van der Waals surface area contributed by atoms with Crippen LogP contribution < -0.4 is 9.47 Å². The fraction of sp³-hybridized carbons (Fsp3) is 0.433. The number of hydrogen-bond acceptors (Lipinski definition) is 8. The van der Waals surface area contributed by atoms with Gasteiger partial charge in [0.05, 0.1) is 14.8 Å². The Balaban J connectivity index is 1.05. The first-order valence-electron chi connectivity index (χ1n) is 14.0. The molecule has 218 valence electrons. The van der Waals surface area contributed by atoms with E-state index < -0.39 is 9.84 Å². The normalized spacial score (nSPS) is 21.2.